The zero-order valence-electron chi connectivity index (χ0n) is 16.5. The summed E-state index contributed by atoms with van der Waals surface area (Å²) in [6, 6.07) is 15.6. The first kappa shape index (κ1) is 20.8. The van der Waals surface area contributed by atoms with Crippen molar-refractivity contribution < 1.29 is 4.79 Å². The maximum atomic E-state index is 12.6. The molecule has 0 spiro atoms. The Balaban J connectivity index is 1.40. The Hall–Kier alpha value is -2.43. The Morgan fingerprint density at radius 1 is 1.10 bits per heavy atom. The van der Waals surface area contributed by atoms with Gasteiger partial charge in [-0.2, -0.15) is 4.68 Å². The third kappa shape index (κ3) is 5.00. The maximum Gasteiger partial charge on any atom is 0.234 e. The van der Waals surface area contributed by atoms with Gasteiger partial charge >= 0.3 is 0 Å². The Kier molecular flexibility index (Phi) is 6.66. The van der Waals surface area contributed by atoms with Crippen molar-refractivity contribution in [1.29, 1.82) is 0 Å². The van der Waals surface area contributed by atoms with E-state index in [1.54, 1.807) is 4.68 Å². The lowest BCUT2D eigenvalue weighted by Crippen LogP contribution is -2.44. The van der Waals surface area contributed by atoms with Gasteiger partial charge in [-0.05, 0) is 53.9 Å². The number of carbonyl (C=O) groups excluding carboxylic acids is 1. The summed E-state index contributed by atoms with van der Waals surface area (Å²) in [5.41, 5.74) is 2.73. The summed E-state index contributed by atoms with van der Waals surface area (Å²) < 4.78 is 2.61. The molecule has 30 heavy (non-hydrogen) atoms. The molecule has 1 saturated heterocycles. The molecular formula is C20H22BrN7OS. The van der Waals surface area contributed by atoms with Gasteiger partial charge in [0.1, 0.15) is 0 Å². The van der Waals surface area contributed by atoms with E-state index in [-0.39, 0.29) is 11.7 Å². The number of hydrogen-bond acceptors (Lipinski definition) is 7. The van der Waals surface area contributed by atoms with Crippen LogP contribution in [0.1, 0.15) is 0 Å². The number of carbonyl (C=O) groups is 1. The molecule has 3 aromatic rings. The first-order valence-corrected chi connectivity index (χ1v) is 11.4. The molecule has 0 aliphatic carbocycles. The van der Waals surface area contributed by atoms with Gasteiger partial charge in [0.05, 0.1) is 22.8 Å². The van der Waals surface area contributed by atoms with Crippen molar-refractivity contribution in [2.75, 3.05) is 49.2 Å². The van der Waals surface area contributed by atoms with E-state index in [1.807, 2.05) is 42.5 Å². The van der Waals surface area contributed by atoms with Crippen LogP contribution < -0.4 is 10.2 Å². The predicted molar refractivity (Wildman–Crippen MR) is 122 cm³/mol. The molecule has 0 atom stereocenters. The molecule has 0 unspecified atom stereocenters. The third-order valence-corrected chi connectivity index (χ3v) is 6.31. The van der Waals surface area contributed by atoms with Crippen LogP contribution in [0.4, 0.5) is 11.4 Å². The van der Waals surface area contributed by atoms with Gasteiger partial charge in [0.2, 0.25) is 11.1 Å². The van der Waals surface area contributed by atoms with Crippen molar-refractivity contribution in [2.24, 2.45) is 0 Å². The van der Waals surface area contributed by atoms with E-state index in [4.69, 9.17) is 0 Å². The van der Waals surface area contributed by atoms with Crippen molar-refractivity contribution >= 4 is 45.0 Å². The molecule has 1 aromatic heterocycles. The second-order valence-corrected chi connectivity index (χ2v) is 8.85. The fourth-order valence-electron chi connectivity index (χ4n) is 3.23. The van der Waals surface area contributed by atoms with E-state index < -0.39 is 0 Å². The van der Waals surface area contributed by atoms with E-state index in [0.29, 0.717) is 5.16 Å². The summed E-state index contributed by atoms with van der Waals surface area (Å²) in [7, 11) is 2.13. The quantitative estimate of drug-likeness (QED) is 0.535. The second-order valence-electron chi connectivity index (χ2n) is 6.99. The van der Waals surface area contributed by atoms with E-state index in [1.165, 1.54) is 11.8 Å². The van der Waals surface area contributed by atoms with Crippen molar-refractivity contribution in [1.82, 2.24) is 25.1 Å². The van der Waals surface area contributed by atoms with Crippen LogP contribution in [0.15, 0.2) is 58.2 Å². The zero-order valence-corrected chi connectivity index (χ0v) is 18.9. The van der Waals surface area contributed by atoms with E-state index in [9.17, 15) is 4.79 Å². The van der Waals surface area contributed by atoms with Crippen LogP contribution in [-0.2, 0) is 4.79 Å². The number of aromatic nitrogens is 4. The number of piperazine rings is 1. The number of nitrogens with one attached hydrogen (secondary N) is 1. The number of thioether (sulfide) groups is 1. The standard InChI is InChI=1S/C20H22BrN7OS/c1-26-10-12-27(13-11-26)18-5-3-2-4-17(18)22-19(29)14-30-20-23-24-25-28(20)16-8-6-15(21)7-9-16/h2-9H,10-14H2,1H3,(H,22,29). The Labute approximate surface area is 187 Å². The number of nitrogens with zero attached hydrogens (tertiary/aromatic N) is 6. The van der Waals surface area contributed by atoms with Crippen molar-refractivity contribution in [3.63, 3.8) is 0 Å². The highest BCUT2D eigenvalue weighted by Gasteiger charge is 2.18. The number of amides is 1. The first-order chi connectivity index (χ1) is 14.6. The van der Waals surface area contributed by atoms with Gasteiger partial charge < -0.3 is 15.1 Å². The smallest absolute Gasteiger partial charge is 0.234 e. The number of rotatable bonds is 6. The van der Waals surface area contributed by atoms with Crippen LogP contribution in [0.25, 0.3) is 5.69 Å². The van der Waals surface area contributed by atoms with Gasteiger partial charge in [-0.1, -0.05) is 39.8 Å². The summed E-state index contributed by atoms with van der Waals surface area (Å²) in [5.74, 6) is 0.125. The van der Waals surface area contributed by atoms with Crippen LogP contribution >= 0.6 is 27.7 Å². The number of para-hydroxylation sites is 2. The van der Waals surface area contributed by atoms with Crippen LogP contribution in [0.5, 0.6) is 0 Å². The summed E-state index contributed by atoms with van der Waals surface area (Å²) in [6.07, 6.45) is 0. The van der Waals surface area contributed by atoms with Crippen LogP contribution in [-0.4, -0.2) is 70.0 Å². The topological polar surface area (TPSA) is 79.2 Å². The van der Waals surface area contributed by atoms with Crippen molar-refractivity contribution in [3.05, 3.63) is 53.0 Å². The highest BCUT2D eigenvalue weighted by molar-refractivity contribution is 9.10. The normalized spacial score (nSPS) is 14.7. The average Bonchev–Trinajstić information content (AvgIpc) is 3.23. The van der Waals surface area contributed by atoms with Crippen LogP contribution in [0.3, 0.4) is 0 Å². The first-order valence-electron chi connectivity index (χ1n) is 9.59. The Morgan fingerprint density at radius 3 is 2.60 bits per heavy atom. The molecule has 0 saturated carbocycles. The molecule has 1 amide bonds. The molecule has 10 heteroatoms. The summed E-state index contributed by atoms with van der Waals surface area (Å²) >= 11 is 4.73. The Morgan fingerprint density at radius 2 is 1.83 bits per heavy atom. The molecule has 156 valence electrons. The SMILES string of the molecule is CN1CCN(c2ccccc2NC(=O)CSc2nnnn2-c2ccc(Br)cc2)CC1. The van der Waals surface area contributed by atoms with Gasteiger partial charge in [0.25, 0.3) is 0 Å². The molecule has 1 aliphatic heterocycles. The third-order valence-electron chi connectivity index (χ3n) is 4.87. The minimum absolute atomic E-state index is 0.0908. The van der Waals surface area contributed by atoms with E-state index in [2.05, 4.69) is 59.7 Å². The molecule has 4 rings (SSSR count). The molecule has 1 aliphatic rings. The molecule has 2 aromatic carbocycles. The molecular weight excluding hydrogens is 466 g/mol. The summed E-state index contributed by atoms with van der Waals surface area (Å²) in [4.78, 5) is 17.3. The van der Waals surface area contributed by atoms with Gasteiger partial charge in [-0.25, -0.2) is 0 Å². The highest BCUT2D eigenvalue weighted by atomic mass is 79.9. The summed E-state index contributed by atoms with van der Waals surface area (Å²) in [5, 5.41) is 15.5. The lowest BCUT2D eigenvalue weighted by molar-refractivity contribution is -0.113. The molecule has 0 bridgehead atoms. The number of benzene rings is 2. The molecule has 0 radical (unpaired) electrons. The lowest BCUT2D eigenvalue weighted by Gasteiger charge is -2.35. The van der Waals surface area contributed by atoms with Gasteiger partial charge in [-0.15, -0.1) is 5.10 Å². The summed E-state index contributed by atoms with van der Waals surface area (Å²) in [6.45, 7) is 3.91. The van der Waals surface area contributed by atoms with Gasteiger partial charge in [-0.3, -0.25) is 4.79 Å². The number of likely N-dealkylation sites (N-methyl/N-ethyl adjacent to an activating group) is 1. The number of anilines is 2. The van der Waals surface area contributed by atoms with Crippen LogP contribution in [0, 0.1) is 0 Å². The Bertz CT molecular complexity index is 1000. The number of hydrogen-bond donors (Lipinski definition) is 1. The average molecular weight is 488 g/mol. The zero-order chi connectivity index (χ0) is 20.9. The van der Waals surface area contributed by atoms with Crippen LogP contribution in [0.2, 0.25) is 0 Å². The molecule has 2 heterocycles. The monoisotopic (exact) mass is 487 g/mol. The fraction of sp³-hybridized carbons (Fsp3) is 0.300. The van der Waals surface area contributed by atoms with E-state index >= 15 is 0 Å². The molecule has 1 N–H and O–H groups in total. The molecule has 8 nitrogen and oxygen atoms in total. The fourth-order valence-corrected chi connectivity index (χ4v) is 4.19. The predicted octanol–water partition coefficient (Wildman–Crippen LogP) is 2.91. The number of halogens is 1. The number of tetrazole rings is 1. The van der Waals surface area contributed by atoms with Gasteiger partial charge in [0.15, 0.2) is 0 Å². The largest absolute Gasteiger partial charge is 0.367 e. The second kappa shape index (κ2) is 9.59. The highest BCUT2D eigenvalue weighted by Crippen LogP contribution is 2.27. The van der Waals surface area contributed by atoms with Crippen molar-refractivity contribution in [3.8, 4) is 5.69 Å². The molecule has 1 fully saturated rings. The minimum atomic E-state index is -0.0908. The maximum absolute atomic E-state index is 12.6. The lowest BCUT2D eigenvalue weighted by atomic mass is 10.2. The minimum Gasteiger partial charge on any atom is -0.367 e. The van der Waals surface area contributed by atoms with E-state index in [0.717, 1.165) is 47.7 Å². The van der Waals surface area contributed by atoms with Gasteiger partial charge in [0, 0.05) is 30.7 Å². The van der Waals surface area contributed by atoms with Crippen molar-refractivity contribution in [2.45, 2.75) is 5.16 Å².